The molecule has 17 heavy (non-hydrogen) atoms. The topological polar surface area (TPSA) is 55.8 Å². The molecule has 0 saturated heterocycles. The Hall–Kier alpha value is -1.71. The van der Waals surface area contributed by atoms with Crippen LogP contribution in [-0.4, -0.2) is 24.3 Å². The van der Waals surface area contributed by atoms with Gasteiger partial charge in [0.1, 0.15) is 6.10 Å². The summed E-state index contributed by atoms with van der Waals surface area (Å²) in [5.41, 5.74) is 1.15. The number of carbonyl (C=O) groups is 1. The van der Waals surface area contributed by atoms with Crippen molar-refractivity contribution in [3.63, 3.8) is 0 Å². The van der Waals surface area contributed by atoms with Gasteiger partial charge in [-0.3, -0.25) is 4.79 Å². The number of carboxylic acids is 1. The van der Waals surface area contributed by atoms with Crippen LogP contribution in [0.1, 0.15) is 25.8 Å². The van der Waals surface area contributed by atoms with E-state index in [1.807, 2.05) is 18.2 Å². The number of benzene rings is 1. The molecule has 0 fully saturated rings. The average Bonchev–Trinajstić information content (AvgIpc) is 2.28. The van der Waals surface area contributed by atoms with Crippen LogP contribution in [0.15, 0.2) is 18.2 Å². The minimum atomic E-state index is -0.873. The van der Waals surface area contributed by atoms with Crippen LogP contribution in [0.25, 0.3) is 0 Å². The summed E-state index contributed by atoms with van der Waals surface area (Å²) in [5.74, 6) is 0.349. The van der Waals surface area contributed by atoms with Crippen LogP contribution in [0.3, 0.4) is 0 Å². The fraction of sp³-hybridized carbons (Fsp3) is 0.462. The third-order valence-electron chi connectivity index (χ3n) is 2.43. The molecule has 94 valence electrons. The molecule has 0 unspecified atom stereocenters. The van der Waals surface area contributed by atoms with E-state index in [9.17, 15) is 4.79 Å². The second-order valence-electron chi connectivity index (χ2n) is 3.87. The van der Waals surface area contributed by atoms with E-state index in [1.165, 1.54) is 0 Å². The van der Waals surface area contributed by atoms with Gasteiger partial charge in [-0.05, 0) is 31.0 Å². The number of methoxy groups -OCH3 is 1. The van der Waals surface area contributed by atoms with Crippen LogP contribution >= 0.6 is 0 Å². The van der Waals surface area contributed by atoms with E-state index < -0.39 is 5.97 Å². The van der Waals surface area contributed by atoms with Crippen molar-refractivity contribution in [1.82, 2.24) is 0 Å². The summed E-state index contributed by atoms with van der Waals surface area (Å²) in [6.45, 7) is 3.78. The Balaban J connectivity index is 2.79. The summed E-state index contributed by atoms with van der Waals surface area (Å²) in [5, 5.41) is 8.66. The normalized spacial score (nSPS) is 11.9. The summed E-state index contributed by atoms with van der Waals surface area (Å²) in [4.78, 5) is 10.5. The molecule has 4 nitrogen and oxygen atoms in total. The van der Waals surface area contributed by atoms with Crippen molar-refractivity contribution in [2.75, 3.05) is 7.11 Å². The van der Waals surface area contributed by atoms with Crippen molar-refractivity contribution < 1.29 is 19.4 Å². The molecule has 1 aromatic carbocycles. The third kappa shape index (κ3) is 3.98. The molecule has 0 spiro atoms. The van der Waals surface area contributed by atoms with E-state index in [1.54, 1.807) is 14.0 Å². The van der Waals surface area contributed by atoms with Crippen LogP contribution in [0, 0.1) is 0 Å². The lowest BCUT2D eigenvalue weighted by atomic mass is 10.1. The predicted molar refractivity (Wildman–Crippen MR) is 64.7 cm³/mol. The Morgan fingerprint density at radius 1 is 1.41 bits per heavy atom. The molecule has 0 aliphatic heterocycles. The molecule has 1 atom stereocenters. The summed E-state index contributed by atoms with van der Waals surface area (Å²) in [6.07, 6.45) is 0.508. The van der Waals surface area contributed by atoms with Crippen molar-refractivity contribution in [2.24, 2.45) is 0 Å². The first-order valence-electron chi connectivity index (χ1n) is 5.62. The summed E-state index contributed by atoms with van der Waals surface area (Å²) >= 11 is 0. The first-order chi connectivity index (χ1) is 8.06. The molecule has 0 aromatic heterocycles. The van der Waals surface area contributed by atoms with Gasteiger partial charge in [-0.15, -0.1) is 0 Å². The number of aryl methyl sites for hydroxylation is 1. The number of aliphatic carboxylic acids is 1. The zero-order chi connectivity index (χ0) is 12.8. The molecular weight excluding hydrogens is 220 g/mol. The first-order valence-corrected chi connectivity index (χ1v) is 5.62. The highest BCUT2D eigenvalue weighted by atomic mass is 16.5. The van der Waals surface area contributed by atoms with Crippen LogP contribution in [-0.2, 0) is 11.2 Å². The quantitative estimate of drug-likeness (QED) is 0.827. The van der Waals surface area contributed by atoms with E-state index in [0.717, 1.165) is 12.0 Å². The van der Waals surface area contributed by atoms with Gasteiger partial charge in [-0.25, -0.2) is 0 Å². The van der Waals surface area contributed by atoms with Crippen molar-refractivity contribution in [3.8, 4) is 11.5 Å². The van der Waals surface area contributed by atoms with Gasteiger partial charge < -0.3 is 14.6 Å². The fourth-order valence-electron chi connectivity index (χ4n) is 1.53. The zero-order valence-corrected chi connectivity index (χ0v) is 10.4. The van der Waals surface area contributed by atoms with Crippen LogP contribution in [0.5, 0.6) is 11.5 Å². The monoisotopic (exact) mass is 238 g/mol. The molecule has 4 heteroatoms. The average molecular weight is 238 g/mol. The molecule has 0 bridgehead atoms. The summed E-state index contributed by atoms with van der Waals surface area (Å²) in [7, 11) is 1.57. The Bertz CT molecular complexity index is 387. The molecule has 0 amide bonds. The minimum Gasteiger partial charge on any atom is -0.493 e. The van der Waals surface area contributed by atoms with Gasteiger partial charge >= 0.3 is 5.97 Å². The lowest BCUT2D eigenvalue weighted by Gasteiger charge is -2.16. The maximum Gasteiger partial charge on any atom is 0.307 e. The Morgan fingerprint density at radius 3 is 2.65 bits per heavy atom. The zero-order valence-electron chi connectivity index (χ0n) is 10.4. The number of carboxylic acid groups (broad SMARTS) is 1. The smallest absolute Gasteiger partial charge is 0.307 e. The lowest BCUT2D eigenvalue weighted by molar-refractivity contribution is -0.138. The van der Waals surface area contributed by atoms with E-state index in [2.05, 4.69) is 6.92 Å². The first kappa shape index (κ1) is 13.4. The molecular formula is C13H18O4. The van der Waals surface area contributed by atoms with Crippen LogP contribution < -0.4 is 9.47 Å². The highest BCUT2D eigenvalue weighted by Gasteiger charge is 2.12. The minimum absolute atomic E-state index is 0.0291. The van der Waals surface area contributed by atoms with Crippen molar-refractivity contribution in [3.05, 3.63) is 23.8 Å². The molecule has 0 aliphatic carbocycles. The second-order valence-corrected chi connectivity index (χ2v) is 3.87. The van der Waals surface area contributed by atoms with E-state index in [-0.39, 0.29) is 12.5 Å². The fourth-order valence-corrected chi connectivity index (χ4v) is 1.53. The predicted octanol–water partition coefficient (Wildman–Crippen LogP) is 2.50. The molecule has 0 radical (unpaired) electrons. The third-order valence-corrected chi connectivity index (χ3v) is 2.43. The largest absolute Gasteiger partial charge is 0.493 e. The van der Waals surface area contributed by atoms with Gasteiger partial charge in [0.05, 0.1) is 13.5 Å². The highest BCUT2D eigenvalue weighted by molar-refractivity contribution is 5.67. The van der Waals surface area contributed by atoms with Gasteiger partial charge in [0.2, 0.25) is 0 Å². The van der Waals surface area contributed by atoms with Crippen molar-refractivity contribution in [2.45, 2.75) is 32.8 Å². The van der Waals surface area contributed by atoms with E-state index in [0.29, 0.717) is 11.5 Å². The maximum absolute atomic E-state index is 10.5. The van der Waals surface area contributed by atoms with Gasteiger partial charge in [-0.1, -0.05) is 13.0 Å². The number of hydrogen-bond acceptors (Lipinski definition) is 3. The highest BCUT2D eigenvalue weighted by Crippen LogP contribution is 2.29. The second kappa shape index (κ2) is 6.13. The summed E-state index contributed by atoms with van der Waals surface area (Å²) < 4.78 is 10.8. The van der Waals surface area contributed by atoms with Gasteiger partial charge in [0.25, 0.3) is 0 Å². The molecule has 0 saturated carbocycles. The van der Waals surface area contributed by atoms with Gasteiger partial charge in [0.15, 0.2) is 11.5 Å². The molecule has 1 rings (SSSR count). The van der Waals surface area contributed by atoms with Crippen LogP contribution in [0.2, 0.25) is 0 Å². The summed E-state index contributed by atoms with van der Waals surface area (Å²) in [6, 6.07) is 5.67. The molecule has 1 N–H and O–H groups in total. The lowest BCUT2D eigenvalue weighted by Crippen LogP contribution is -2.17. The number of hydrogen-bond donors (Lipinski definition) is 1. The van der Waals surface area contributed by atoms with Crippen molar-refractivity contribution >= 4 is 5.97 Å². The van der Waals surface area contributed by atoms with Gasteiger partial charge in [-0.2, -0.15) is 0 Å². The Morgan fingerprint density at radius 2 is 2.12 bits per heavy atom. The standard InChI is InChI=1S/C13H18O4/c1-4-10-5-6-11(12(8-10)16-3)17-9(2)7-13(14)15/h5-6,8-9H,4,7H2,1-3H3,(H,14,15)/t9-/m1/s1. The number of rotatable bonds is 6. The SMILES string of the molecule is CCc1ccc(O[C@H](C)CC(=O)O)c(OC)c1. The molecule has 1 aromatic rings. The van der Waals surface area contributed by atoms with Gasteiger partial charge in [0, 0.05) is 0 Å². The maximum atomic E-state index is 10.5. The Kier molecular flexibility index (Phi) is 4.82. The van der Waals surface area contributed by atoms with Crippen LogP contribution in [0.4, 0.5) is 0 Å². The van der Waals surface area contributed by atoms with E-state index in [4.69, 9.17) is 14.6 Å². The Labute approximate surface area is 101 Å². The van der Waals surface area contributed by atoms with Crippen molar-refractivity contribution in [1.29, 1.82) is 0 Å². The molecule has 0 heterocycles. The van der Waals surface area contributed by atoms with E-state index >= 15 is 0 Å². The molecule has 0 aliphatic rings. The number of ether oxygens (including phenoxy) is 2.